The van der Waals surface area contributed by atoms with E-state index in [0.717, 1.165) is 48.2 Å². The van der Waals surface area contributed by atoms with Gasteiger partial charge in [-0.05, 0) is 37.8 Å². The summed E-state index contributed by atoms with van der Waals surface area (Å²) in [5.41, 5.74) is 4.39. The Morgan fingerprint density at radius 1 is 1.38 bits per heavy atom. The number of fused-ring (bicyclic) bond motifs is 1. The molecule has 1 amide bonds. The van der Waals surface area contributed by atoms with Gasteiger partial charge in [0.15, 0.2) is 6.29 Å². The van der Waals surface area contributed by atoms with Crippen LogP contribution in [0.15, 0.2) is 30.7 Å². The lowest BCUT2D eigenvalue weighted by molar-refractivity contribution is -0.163. The standard InChI is InChI=1S/C21H27N5O3/c1-15-17(13-24-26(15)9-11-29-19-8-3-4-10-28-19)21(27)22-12-16-6-5-7-18-20(16)25(2)14-23-18/h5-7,13-14,19H,3-4,8-12H2,1-2H3,(H,22,27). The molecule has 8 nitrogen and oxygen atoms in total. The lowest BCUT2D eigenvalue weighted by atomic mass is 10.1. The average Bonchev–Trinajstić information content (AvgIpc) is 3.30. The van der Waals surface area contributed by atoms with Gasteiger partial charge in [0.2, 0.25) is 0 Å². The third kappa shape index (κ3) is 4.33. The third-order valence-electron chi connectivity index (χ3n) is 5.35. The Labute approximate surface area is 169 Å². The molecule has 4 rings (SSSR count). The van der Waals surface area contributed by atoms with Crippen molar-refractivity contribution in [3.05, 3.63) is 47.5 Å². The van der Waals surface area contributed by atoms with Crippen LogP contribution in [0.2, 0.25) is 0 Å². The van der Waals surface area contributed by atoms with E-state index < -0.39 is 0 Å². The fraction of sp³-hybridized carbons (Fsp3) is 0.476. The van der Waals surface area contributed by atoms with Crippen LogP contribution in [0.1, 0.15) is 40.9 Å². The molecule has 3 aromatic rings. The molecule has 2 aromatic heterocycles. The summed E-state index contributed by atoms with van der Waals surface area (Å²) in [6.45, 7) is 4.20. The van der Waals surface area contributed by atoms with E-state index in [-0.39, 0.29) is 12.2 Å². The Hall–Kier alpha value is -2.71. The van der Waals surface area contributed by atoms with Crippen molar-refractivity contribution in [3.8, 4) is 0 Å². The van der Waals surface area contributed by atoms with E-state index >= 15 is 0 Å². The maximum atomic E-state index is 12.7. The average molecular weight is 397 g/mol. The molecule has 1 aromatic carbocycles. The Kier molecular flexibility index (Phi) is 5.92. The predicted octanol–water partition coefficient (Wildman–Crippen LogP) is 2.55. The summed E-state index contributed by atoms with van der Waals surface area (Å²) in [7, 11) is 1.95. The smallest absolute Gasteiger partial charge is 0.255 e. The third-order valence-corrected chi connectivity index (χ3v) is 5.35. The molecule has 154 valence electrons. The first kappa shape index (κ1) is 19.6. The molecule has 1 fully saturated rings. The van der Waals surface area contributed by atoms with Gasteiger partial charge in [0.1, 0.15) is 0 Å². The minimum absolute atomic E-state index is 0.114. The number of nitrogens with zero attached hydrogens (tertiary/aromatic N) is 4. The number of aryl methyl sites for hydroxylation is 1. The van der Waals surface area contributed by atoms with Crippen LogP contribution in [0.4, 0.5) is 0 Å². The lowest BCUT2D eigenvalue weighted by Gasteiger charge is -2.22. The first-order valence-electron chi connectivity index (χ1n) is 10.1. The number of aromatic nitrogens is 4. The molecule has 1 saturated heterocycles. The summed E-state index contributed by atoms with van der Waals surface area (Å²) in [6.07, 6.45) is 6.47. The zero-order chi connectivity index (χ0) is 20.2. The van der Waals surface area contributed by atoms with Gasteiger partial charge in [-0.2, -0.15) is 5.10 Å². The summed E-state index contributed by atoms with van der Waals surface area (Å²) >= 11 is 0. The van der Waals surface area contributed by atoms with Gasteiger partial charge in [0.25, 0.3) is 5.91 Å². The summed E-state index contributed by atoms with van der Waals surface area (Å²) in [5.74, 6) is -0.135. The van der Waals surface area contributed by atoms with Crippen molar-refractivity contribution in [2.75, 3.05) is 13.2 Å². The number of carbonyl (C=O) groups excluding carboxylic acids is 1. The van der Waals surface area contributed by atoms with Crippen molar-refractivity contribution in [3.63, 3.8) is 0 Å². The largest absolute Gasteiger partial charge is 0.353 e. The van der Waals surface area contributed by atoms with Crippen LogP contribution in [-0.4, -0.2) is 44.7 Å². The van der Waals surface area contributed by atoms with Gasteiger partial charge in [-0.25, -0.2) is 4.98 Å². The Bertz CT molecular complexity index is 988. The van der Waals surface area contributed by atoms with Crippen molar-refractivity contribution in [1.29, 1.82) is 0 Å². The van der Waals surface area contributed by atoms with Crippen LogP contribution in [0.5, 0.6) is 0 Å². The first-order valence-corrected chi connectivity index (χ1v) is 10.1. The topological polar surface area (TPSA) is 83.2 Å². The molecule has 1 aliphatic heterocycles. The van der Waals surface area contributed by atoms with Crippen molar-refractivity contribution >= 4 is 16.9 Å². The van der Waals surface area contributed by atoms with Crippen LogP contribution in [0.25, 0.3) is 11.0 Å². The van der Waals surface area contributed by atoms with E-state index in [1.54, 1.807) is 17.2 Å². The molecule has 1 N–H and O–H groups in total. The number of hydrogen-bond acceptors (Lipinski definition) is 5. The normalized spacial score (nSPS) is 17.0. The number of ether oxygens (including phenoxy) is 2. The van der Waals surface area contributed by atoms with E-state index in [4.69, 9.17) is 9.47 Å². The molecule has 0 saturated carbocycles. The van der Waals surface area contributed by atoms with Crippen molar-refractivity contribution in [2.45, 2.75) is 45.6 Å². The predicted molar refractivity (Wildman–Crippen MR) is 108 cm³/mol. The molecule has 0 radical (unpaired) electrons. The molecule has 8 heteroatoms. The zero-order valence-electron chi connectivity index (χ0n) is 16.9. The van der Waals surface area contributed by atoms with Crippen molar-refractivity contribution < 1.29 is 14.3 Å². The molecule has 3 heterocycles. The molecule has 0 bridgehead atoms. The molecule has 1 aliphatic rings. The highest BCUT2D eigenvalue weighted by Crippen LogP contribution is 2.17. The van der Waals surface area contributed by atoms with Crippen LogP contribution < -0.4 is 5.32 Å². The summed E-state index contributed by atoms with van der Waals surface area (Å²) in [4.78, 5) is 17.1. The van der Waals surface area contributed by atoms with Gasteiger partial charge < -0.3 is 19.4 Å². The molecule has 29 heavy (non-hydrogen) atoms. The maximum Gasteiger partial charge on any atom is 0.255 e. The highest BCUT2D eigenvalue weighted by Gasteiger charge is 2.17. The SMILES string of the molecule is Cc1c(C(=O)NCc2cccc3ncn(C)c23)cnn1CCOC1CCCCO1. The molecular weight excluding hydrogens is 370 g/mol. The molecular formula is C21H27N5O3. The van der Waals surface area contributed by atoms with E-state index in [9.17, 15) is 4.79 Å². The summed E-state index contributed by atoms with van der Waals surface area (Å²) < 4.78 is 15.1. The molecule has 1 atom stereocenters. The minimum Gasteiger partial charge on any atom is -0.353 e. The zero-order valence-corrected chi connectivity index (χ0v) is 16.9. The number of amides is 1. The highest BCUT2D eigenvalue weighted by atomic mass is 16.7. The van der Waals surface area contributed by atoms with Crippen molar-refractivity contribution in [2.24, 2.45) is 7.05 Å². The number of nitrogens with one attached hydrogen (secondary N) is 1. The Morgan fingerprint density at radius 2 is 2.28 bits per heavy atom. The minimum atomic E-state index is -0.135. The Morgan fingerprint density at radius 3 is 3.10 bits per heavy atom. The van der Waals surface area contributed by atoms with E-state index in [2.05, 4.69) is 15.4 Å². The monoisotopic (exact) mass is 397 g/mol. The van der Waals surface area contributed by atoms with E-state index in [0.29, 0.717) is 25.3 Å². The lowest BCUT2D eigenvalue weighted by Crippen LogP contribution is -2.25. The highest BCUT2D eigenvalue weighted by molar-refractivity contribution is 5.95. The van der Waals surface area contributed by atoms with Gasteiger partial charge >= 0.3 is 0 Å². The summed E-state index contributed by atoms with van der Waals surface area (Å²) in [5, 5.41) is 7.35. The van der Waals surface area contributed by atoms with Gasteiger partial charge in [0.05, 0.1) is 42.3 Å². The van der Waals surface area contributed by atoms with Crippen LogP contribution >= 0.6 is 0 Å². The second-order valence-electron chi connectivity index (χ2n) is 7.36. The first-order chi connectivity index (χ1) is 14.1. The van der Waals surface area contributed by atoms with Gasteiger partial charge in [-0.3, -0.25) is 9.48 Å². The Balaban J connectivity index is 1.34. The van der Waals surface area contributed by atoms with E-state index in [1.165, 1.54) is 0 Å². The van der Waals surface area contributed by atoms with Crippen LogP contribution in [0, 0.1) is 6.92 Å². The van der Waals surface area contributed by atoms with Gasteiger partial charge in [-0.15, -0.1) is 0 Å². The molecule has 0 aliphatic carbocycles. The summed E-state index contributed by atoms with van der Waals surface area (Å²) in [6, 6.07) is 5.93. The number of benzene rings is 1. The van der Waals surface area contributed by atoms with Gasteiger partial charge in [-0.1, -0.05) is 12.1 Å². The fourth-order valence-electron chi connectivity index (χ4n) is 3.72. The fourth-order valence-corrected chi connectivity index (χ4v) is 3.72. The van der Waals surface area contributed by atoms with E-state index in [1.807, 2.05) is 36.7 Å². The van der Waals surface area contributed by atoms with Crippen molar-refractivity contribution in [1.82, 2.24) is 24.6 Å². The number of carbonyl (C=O) groups is 1. The number of hydrogen-bond donors (Lipinski definition) is 1. The number of para-hydroxylation sites is 1. The van der Waals surface area contributed by atoms with Crippen LogP contribution in [0.3, 0.4) is 0 Å². The molecule has 0 spiro atoms. The molecule has 1 unspecified atom stereocenters. The second kappa shape index (κ2) is 8.75. The van der Waals surface area contributed by atoms with Crippen LogP contribution in [-0.2, 0) is 29.6 Å². The second-order valence-corrected chi connectivity index (χ2v) is 7.36. The number of rotatable bonds is 7. The quantitative estimate of drug-likeness (QED) is 0.662. The maximum absolute atomic E-state index is 12.7. The number of imidazole rings is 1. The van der Waals surface area contributed by atoms with Gasteiger partial charge in [0, 0.05) is 25.9 Å².